The van der Waals surface area contributed by atoms with E-state index >= 15 is 0 Å². The van der Waals surface area contributed by atoms with Crippen molar-refractivity contribution in [2.45, 2.75) is 97.2 Å². The van der Waals surface area contributed by atoms with E-state index in [9.17, 15) is 9.50 Å². The number of nitrogens with zero attached hydrogens (tertiary/aromatic N) is 1. The molecule has 1 saturated heterocycles. The quantitative estimate of drug-likeness (QED) is 0.402. The lowest BCUT2D eigenvalue weighted by Gasteiger charge is -2.35. The normalized spacial score (nSPS) is 17.5. The number of unbranched alkanes of at least 4 members (excludes halogenated alkanes) is 1. The molecule has 0 saturated carbocycles. The zero-order chi connectivity index (χ0) is 24.2. The number of aromatic hydroxyl groups is 1. The first-order valence-electron chi connectivity index (χ1n) is 12.7. The molecule has 0 aliphatic carbocycles. The second kappa shape index (κ2) is 10.9. The van der Waals surface area contributed by atoms with Crippen molar-refractivity contribution in [1.29, 1.82) is 0 Å². The van der Waals surface area contributed by atoms with E-state index in [1.807, 2.05) is 13.0 Å². The van der Waals surface area contributed by atoms with Crippen LogP contribution in [0, 0.1) is 12.7 Å². The van der Waals surface area contributed by atoms with Crippen LogP contribution in [0.3, 0.4) is 0 Å². The summed E-state index contributed by atoms with van der Waals surface area (Å²) in [5, 5.41) is 12.3. The van der Waals surface area contributed by atoms with Gasteiger partial charge in [0.05, 0.1) is 0 Å². The lowest BCUT2D eigenvalue weighted by atomic mass is 9.82. The summed E-state index contributed by atoms with van der Waals surface area (Å²) in [5.41, 5.74) is 4.37. The van der Waals surface area contributed by atoms with Crippen LogP contribution < -0.4 is 5.30 Å². The minimum absolute atomic E-state index is 0.0112. The fourth-order valence-corrected chi connectivity index (χ4v) is 6.60. The van der Waals surface area contributed by atoms with Crippen LogP contribution in [0.5, 0.6) is 5.75 Å². The van der Waals surface area contributed by atoms with Gasteiger partial charge >= 0.3 is 0 Å². The molecule has 0 aromatic heterocycles. The standard InChI is InChI=1S/C29H43FNOP/c1-7-8-14-29(6,25-19-23(28(3,4)5)17-21(2)27(25)32)33-26-13-12-24(30)18-22(26)20-31-15-10-9-11-16-31/h12-13,17-19,32-33H,7-11,14-16,20H2,1-6H3. The Morgan fingerprint density at radius 1 is 1.03 bits per heavy atom. The molecule has 2 nitrogen and oxygen atoms in total. The zero-order valence-corrected chi connectivity index (χ0v) is 22.5. The van der Waals surface area contributed by atoms with Crippen molar-refractivity contribution < 1.29 is 9.50 Å². The van der Waals surface area contributed by atoms with Crippen molar-refractivity contribution in [2.24, 2.45) is 0 Å². The van der Waals surface area contributed by atoms with Crippen LogP contribution >= 0.6 is 8.58 Å². The number of piperidine rings is 1. The van der Waals surface area contributed by atoms with Crippen LogP contribution in [0.15, 0.2) is 30.3 Å². The molecule has 1 aliphatic rings. The Hall–Kier alpha value is -1.44. The first-order chi connectivity index (χ1) is 15.5. The summed E-state index contributed by atoms with van der Waals surface area (Å²) in [4.78, 5) is 2.47. The van der Waals surface area contributed by atoms with Crippen molar-refractivity contribution in [2.75, 3.05) is 13.1 Å². The predicted molar refractivity (Wildman–Crippen MR) is 142 cm³/mol. The highest BCUT2D eigenvalue weighted by Gasteiger charge is 2.32. The average molecular weight is 472 g/mol. The maximum atomic E-state index is 14.3. The van der Waals surface area contributed by atoms with Crippen LogP contribution in [-0.4, -0.2) is 23.1 Å². The molecule has 2 aromatic rings. The second-order valence-electron chi connectivity index (χ2n) is 11.1. The molecule has 1 aliphatic heterocycles. The third kappa shape index (κ3) is 6.58. The lowest BCUT2D eigenvalue weighted by molar-refractivity contribution is 0.221. The van der Waals surface area contributed by atoms with Gasteiger partial charge in [0.2, 0.25) is 0 Å². The molecule has 2 aromatic carbocycles. The Morgan fingerprint density at radius 3 is 2.36 bits per heavy atom. The summed E-state index contributed by atoms with van der Waals surface area (Å²) in [6.07, 6.45) is 6.98. The fourth-order valence-electron chi connectivity index (χ4n) is 4.90. The van der Waals surface area contributed by atoms with Gasteiger partial charge in [0, 0.05) is 17.3 Å². The molecule has 182 valence electrons. The van der Waals surface area contributed by atoms with E-state index in [2.05, 4.69) is 51.7 Å². The summed E-state index contributed by atoms with van der Waals surface area (Å²) in [6.45, 7) is 16.2. The minimum atomic E-state index is -0.194. The van der Waals surface area contributed by atoms with E-state index in [4.69, 9.17) is 0 Å². The Balaban J connectivity index is 2.03. The molecule has 3 rings (SSSR count). The van der Waals surface area contributed by atoms with Gasteiger partial charge in [0.15, 0.2) is 0 Å². The number of phenolic OH excluding ortho intramolecular Hbond substituents is 1. The largest absolute Gasteiger partial charge is 0.507 e. The maximum Gasteiger partial charge on any atom is 0.123 e. The summed E-state index contributed by atoms with van der Waals surface area (Å²) in [5.74, 6) is 0.271. The van der Waals surface area contributed by atoms with E-state index in [-0.39, 0.29) is 16.4 Å². The van der Waals surface area contributed by atoms with Crippen molar-refractivity contribution >= 4 is 13.9 Å². The number of halogens is 1. The Labute approximate surface area is 202 Å². The highest BCUT2D eigenvalue weighted by atomic mass is 31.1. The minimum Gasteiger partial charge on any atom is -0.507 e. The number of benzene rings is 2. The molecule has 1 heterocycles. The maximum absolute atomic E-state index is 14.3. The van der Waals surface area contributed by atoms with Gasteiger partial charge in [-0.05, 0) is 78.8 Å². The molecule has 4 heteroatoms. The Morgan fingerprint density at radius 2 is 1.73 bits per heavy atom. The van der Waals surface area contributed by atoms with Crippen molar-refractivity contribution in [1.82, 2.24) is 4.90 Å². The molecule has 0 bridgehead atoms. The zero-order valence-electron chi connectivity index (χ0n) is 21.5. The molecular weight excluding hydrogens is 428 g/mol. The summed E-state index contributed by atoms with van der Waals surface area (Å²) >= 11 is 0. The monoisotopic (exact) mass is 471 g/mol. The van der Waals surface area contributed by atoms with Crippen LogP contribution in [0.2, 0.25) is 0 Å². The van der Waals surface area contributed by atoms with E-state index in [1.54, 1.807) is 12.1 Å². The van der Waals surface area contributed by atoms with E-state index in [0.717, 1.165) is 55.6 Å². The summed E-state index contributed by atoms with van der Waals surface area (Å²) in [6, 6.07) is 9.71. The average Bonchev–Trinajstić information content (AvgIpc) is 2.76. The van der Waals surface area contributed by atoms with E-state index in [1.165, 1.54) is 30.1 Å². The number of hydrogen-bond donors (Lipinski definition) is 1. The molecule has 0 radical (unpaired) electrons. The van der Waals surface area contributed by atoms with Crippen LogP contribution in [0.4, 0.5) is 4.39 Å². The highest BCUT2D eigenvalue weighted by molar-refractivity contribution is 7.48. The van der Waals surface area contributed by atoms with Gasteiger partial charge in [-0.2, -0.15) is 0 Å². The van der Waals surface area contributed by atoms with Crippen molar-refractivity contribution in [3.63, 3.8) is 0 Å². The third-order valence-electron chi connectivity index (χ3n) is 7.11. The molecule has 2 unspecified atom stereocenters. The number of aryl methyl sites for hydroxylation is 1. The molecule has 1 fully saturated rings. The van der Waals surface area contributed by atoms with Gasteiger partial charge in [-0.3, -0.25) is 4.90 Å². The number of rotatable bonds is 8. The molecule has 0 amide bonds. The topological polar surface area (TPSA) is 23.5 Å². The Bertz CT molecular complexity index is 945. The van der Waals surface area contributed by atoms with Gasteiger partial charge in [-0.25, -0.2) is 4.39 Å². The third-order valence-corrected chi connectivity index (χ3v) is 8.94. The summed E-state index contributed by atoms with van der Waals surface area (Å²) in [7, 11) is 0.471. The van der Waals surface area contributed by atoms with E-state index in [0.29, 0.717) is 14.3 Å². The molecule has 0 spiro atoms. The number of phenols is 1. The van der Waals surface area contributed by atoms with Gasteiger partial charge < -0.3 is 5.11 Å². The fraction of sp³-hybridized carbons (Fsp3) is 0.586. The molecule has 2 atom stereocenters. The van der Waals surface area contributed by atoms with Gasteiger partial charge in [-0.15, -0.1) is 0 Å². The first-order valence-corrected chi connectivity index (χ1v) is 13.7. The SMILES string of the molecule is CCCCC(C)(Pc1ccc(F)cc1CN1CCCCC1)c1cc(C(C)(C)C)cc(C)c1O. The Kier molecular flexibility index (Phi) is 8.62. The second-order valence-corrected chi connectivity index (χ2v) is 13.0. The number of likely N-dealkylation sites (tertiary alicyclic amines) is 1. The van der Waals surface area contributed by atoms with E-state index < -0.39 is 0 Å². The number of hydrogen-bond acceptors (Lipinski definition) is 2. The molecular formula is C29H43FNOP. The first kappa shape index (κ1) is 26.2. The smallest absolute Gasteiger partial charge is 0.123 e. The van der Waals surface area contributed by atoms with Crippen LogP contribution in [-0.2, 0) is 17.1 Å². The van der Waals surface area contributed by atoms with Gasteiger partial charge in [-0.1, -0.05) is 80.7 Å². The lowest BCUT2D eigenvalue weighted by Crippen LogP contribution is -2.31. The van der Waals surface area contributed by atoms with Crippen LogP contribution in [0.25, 0.3) is 0 Å². The van der Waals surface area contributed by atoms with Crippen molar-refractivity contribution in [3.8, 4) is 5.75 Å². The van der Waals surface area contributed by atoms with Crippen LogP contribution in [0.1, 0.15) is 95.4 Å². The molecule has 1 N–H and O–H groups in total. The van der Waals surface area contributed by atoms with Gasteiger partial charge in [0.25, 0.3) is 0 Å². The van der Waals surface area contributed by atoms with Gasteiger partial charge in [0.1, 0.15) is 11.6 Å². The summed E-state index contributed by atoms with van der Waals surface area (Å²) < 4.78 is 14.3. The highest BCUT2D eigenvalue weighted by Crippen LogP contribution is 2.50. The molecule has 33 heavy (non-hydrogen) atoms. The predicted octanol–water partition coefficient (Wildman–Crippen LogP) is 7.53. The van der Waals surface area contributed by atoms with Crippen molar-refractivity contribution in [3.05, 3.63) is 58.4 Å².